The molecule has 0 aromatic carbocycles. The van der Waals surface area contributed by atoms with E-state index in [1.807, 2.05) is 0 Å². The molecule has 1 unspecified atom stereocenters. The van der Waals surface area contributed by atoms with Crippen LogP contribution in [0.25, 0.3) is 0 Å². The first kappa shape index (κ1) is 6.80. The molecule has 0 saturated heterocycles. The standard InChI is InChI=1S/CHNO.Cr.H2O.O.S/c2-1-3;;;;/h3H;;1H2;;/q;+2;;;/p-2. The van der Waals surface area contributed by atoms with Gasteiger partial charge in [-0.25, -0.2) is 0 Å². The van der Waals surface area contributed by atoms with Crippen molar-refractivity contribution in [1.29, 1.82) is 5.26 Å². The molecule has 0 saturated carbocycles. The Hall–Kier alpha value is -0.198. The van der Waals surface area contributed by atoms with Crippen molar-refractivity contribution in [1.82, 2.24) is 0 Å². The van der Waals surface area contributed by atoms with Crippen molar-refractivity contribution in [2.75, 3.05) is 0 Å². The molecule has 0 amide bonds. The van der Waals surface area contributed by atoms with Crippen LogP contribution in [0.3, 0.4) is 0 Å². The van der Waals surface area contributed by atoms with Gasteiger partial charge >= 0.3 is 45.8 Å². The second-order valence-corrected chi connectivity index (χ2v) is 3.94. The van der Waals surface area contributed by atoms with Gasteiger partial charge in [0.2, 0.25) is 0 Å². The monoisotopic (exact) mass is 159 g/mol. The van der Waals surface area contributed by atoms with E-state index in [1.165, 1.54) is 0 Å². The molecule has 1 N–H and O–H groups in total. The summed E-state index contributed by atoms with van der Waals surface area (Å²) in [6.07, 6.45) is 1.01. The number of hydrogen-bond donors (Lipinski definition) is 1. The van der Waals surface area contributed by atoms with E-state index in [4.69, 9.17) is 9.42 Å². The van der Waals surface area contributed by atoms with Crippen LogP contribution < -0.4 is 0 Å². The van der Waals surface area contributed by atoms with E-state index in [0.717, 1.165) is 6.26 Å². The maximum atomic E-state index is 9.79. The molecule has 0 aromatic heterocycles. The Bertz CT molecular complexity index is 176. The molecule has 0 rings (SSSR count). The van der Waals surface area contributed by atoms with E-state index in [2.05, 4.69) is 14.3 Å². The van der Waals surface area contributed by atoms with Gasteiger partial charge in [-0.3, -0.25) is 0 Å². The third kappa shape index (κ3) is 5.80. The van der Waals surface area contributed by atoms with Crippen LogP contribution in [0.5, 0.6) is 0 Å². The Balaban J connectivity index is 3.92. The summed E-state index contributed by atoms with van der Waals surface area (Å²) in [6.45, 7) is 0. The van der Waals surface area contributed by atoms with E-state index >= 15 is 0 Å². The number of nitriles is 1. The predicted octanol–water partition coefficient (Wildman–Crippen LogP) is -0.0817. The van der Waals surface area contributed by atoms with Crippen LogP contribution in [0.15, 0.2) is 0 Å². The van der Waals surface area contributed by atoms with Crippen LogP contribution in [0, 0.1) is 11.5 Å². The first-order valence-electron chi connectivity index (χ1n) is 1.11. The molecule has 0 aliphatic rings. The molecule has 0 spiro atoms. The Kier molecular flexibility index (Phi) is 2.14. The molecule has 0 heterocycles. The summed E-state index contributed by atoms with van der Waals surface area (Å²) >= 11 is -4.34. The van der Waals surface area contributed by atoms with Crippen LogP contribution in [-0.4, -0.2) is 4.16 Å². The van der Waals surface area contributed by atoms with Crippen LogP contribution in [0.2, 0.25) is 0 Å². The third-order valence-electron chi connectivity index (χ3n) is 0.143. The van der Waals surface area contributed by atoms with Gasteiger partial charge < -0.3 is 0 Å². The zero-order valence-corrected chi connectivity index (χ0v) is 5.12. The minimum absolute atomic E-state index is 1.01. The van der Waals surface area contributed by atoms with Crippen LogP contribution >= 0.6 is 10.5 Å². The molecule has 0 radical (unpaired) electrons. The van der Waals surface area contributed by atoms with E-state index in [0.29, 0.717) is 0 Å². The fourth-order valence-electron chi connectivity index (χ4n) is 0.0471. The van der Waals surface area contributed by atoms with Crippen LogP contribution in [-0.2, 0) is 19.6 Å². The molecule has 0 bridgehead atoms. The molecule has 7 heavy (non-hydrogen) atoms. The van der Waals surface area contributed by atoms with Gasteiger partial charge in [0.1, 0.15) is 0 Å². The molecular weight excluding hydrogens is 158 g/mol. The zero-order valence-electron chi connectivity index (χ0n) is 3.03. The summed E-state index contributed by atoms with van der Waals surface area (Å²) in [7, 11) is 3.80. The summed E-state index contributed by atoms with van der Waals surface area (Å²) in [5, 5.41) is 7.54. The molecule has 0 fully saturated rings. The summed E-state index contributed by atoms with van der Waals surface area (Å²) in [5.74, 6) is 0. The van der Waals surface area contributed by atoms with Gasteiger partial charge in [0.05, 0.1) is 0 Å². The molecule has 6 heteroatoms. The first-order valence-corrected chi connectivity index (χ1v) is 4.62. The molecule has 4 nitrogen and oxygen atoms in total. The summed E-state index contributed by atoms with van der Waals surface area (Å²) in [5.41, 5.74) is 0. The Labute approximate surface area is 46.3 Å². The quantitative estimate of drug-likeness (QED) is 0.542. The fourth-order valence-corrected chi connectivity index (χ4v) is 0.320. The van der Waals surface area contributed by atoms with Gasteiger partial charge in [-0.2, -0.15) is 0 Å². The Morgan fingerprint density at radius 1 is 2.00 bits per heavy atom. The average Bonchev–Trinajstić information content (AvgIpc) is 1.30. The fraction of sp³-hybridized carbons (Fsp3) is 0. The molecule has 0 aromatic rings. The SMILES string of the molecule is N#C[O][Cr](=[O])([OH])=[S]. The van der Waals surface area contributed by atoms with Crippen LogP contribution in [0.4, 0.5) is 0 Å². The van der Waals surface area contributed by atoms with E-state index in [1.54, 1.807) is 0 Å². The van der Waals surface area contributed by atoms with Crippen molar-refractivity contribution in [2.24, 2.45) is 0 Å². The van der Waals surface area contributed by atoms with Gasteiger partial charge in [0.15, 0.2) is 0 Å². The maximum absolute atomic E-state index is 9.79. The Morgan fingerprint density at radius 2 is 2.43 bits per heavy atom. The summed E-state index contributed by atoms with van der Waals surface area (Å²) < 4.78 is 21.3. The van der Waals surface area contributed by atoms with Crippen LogP contribution in [0.1, 0.15) is 0 Å². The van der Waals surface area contributed by atoms with Crippen molar-refractivity contribution in [2.45, 2.75) is 0 Å². The van der Waals surface area contributed by atoms with Crippen molar-refractivity contribution in [3.63, 3.8) is 0 Å². The average molecular weight is 159 g/mol. The van der Waals surface area contributed by atoms with Gasteiger partial charge in [0, 0.05) is 0 Å². The second-order valence-electron chi connectivity index (χ2n) is 0.602. The van der Waals surface area contributed by atoms with Gasteiger partial charge in [-0.15, -0.1) is 0 Å². The third-order valence-corrected chi connectivity index (χ3v) is 0.868. The van der Waals surface area contributed by atoms with Crippen molar-refractivity contribution in [3.8, 4) is 6.26 Å². The normalized spacial score (nSPS) is 16.6. The van der Waals surface area contributed by atoms with Crippen molar-refractivity contribution < 1.29 is 23.8 Å². The molecule has 1 atom stereocenters. The van der Waals surface area contributed by atoms with E-state index in [-0.39, 0.29) is 0 Å². The zero-order chi connectivity index (χ0) is 5.91. The van der Waals surface area contributed by atoms with E-state index < -0.39 is 12.0 Å². The summed E-state index contributed by atoms with van der Waals surface area (Å²) in [6, 6.07) is 0. The Morgan fingerprint density at radius 3 is 2.43 bits per heavy atom. The second kappa shape index (κ2) is 2.20. The summed E-state index contributed by atoms with van der Waals surface area (Å²) in [4.78, 5) is 0. The van der Waals surface area contributed by atoms with Gasteiger partial charge in [-0.1, -0.05) is 0 Å². The van der Waals surface area contributed by atoms with Gasteiger partial charge in [-0.05, 0) is 0 Å². The first-order chi connectivity index (χ1) is 3.06. The van der Waals surface area contributed by atoms with Gasteiger partial charge in [0.25, 0.3) is 0 Å². The number of nitrogens with zero attached hydrogens (tertiary/aromatic N) is 1. The predicted molar refractivity (Wildman–Crippen MR) is 17.2 cm³/mol. The molecule has 0 aliphatic carbocycles. The van der Waals surface area contributed by atoms with Crippen molar-refractivity contribution in [3.05, 3.63) is 0 Å². The topological polar surface area (TPSA) is 70.3 Å². The number of rotatable bonds is 1. The minimum atomic E-state index is -4.34. The molecular formula is CHCrNO3S. The molecule has 0 aliphatic heterocycles. The van der Waals surface area contributed by atoms with E-state index in [9.17, 15) is 3.80 Å². The molecule has 40 valence electrons. The van der Waals surface area contributed by atoms with Crippen molar-refractivity contribution >= 4 is 10.5 Å². The number of hydrogen-bond acceptors (Lipinski definition) is 4.